The van der Waals surface area contributed by atoms with E-state index < -0.39 is 5.91 Å². The number of anilines is 1. The largest absolute Gasteiger partial charge is 0.383 e. The molecule has 1 aromatic heterocycles. The number of rotatable bonds is 6. The highest BCUT2D eigenvalue weighted by Crippen LogP contribution is 2.23. The minimum atomic E-state index is -0.392. The van der Waals surface area contributed by atoms with Gasteiger partial charge in [-0.15, -0.1) is 0 Å². The molecule has 0 radical (unpaired) electrons. The van der Waals surface area contributed by atoms with Crippen molar-refractivity contribution in [3.8, 4) is 11.4 Å². The Labute approximate surface area is 147 Å². The van der Waals surface area contributed by atoms with Crippen molar-refractivity contribution in [3.05, 3.63) is 30.2 Å². The second-order valence-electron chi connectivity index (χ2n) is 6.12. The number of hydrogen-bond donors (Lipinski definition) is 1. The van der Waals surface area contributed by atoms with Crippen molar-refractivity contribution in [2.24, 2.45) is 0 Å². The molecule has 3 rings (SSSR count). The van der Waals surface area contributed by atoms with Crippen LogP contribution in [0.3, 0.4) is 0 Å². The first-order valence-electron chi connectivity index (χ1n) is 8.74. The smallest absolute Gasteiger partial charge is 0.316 e. The number of aromatic nitrogens is 2. The molecule has 7 nitrogen and oxygen atoms in total. The molecular formula is C18H24N4O3. The first-order chi connectivity index (χ1) is 12.3. The summed E-state index contributed by atoms with van der Waals surface area (Å²) in [5, 5.41) is 6.56. The van der Waals surface area contributed by atoms with Gasteiger partial charge in [0.25, 0.3) is 0 Å². The van der Waals surface area contributed by atoms with Crippen LogP contribution in [0, 0.1) is 0 Å². The van der Waals surface area contributed by atoms with Gasteiger partial charge in [-0.3, -0.25) is 4.79 Å². The van der Waals surface area contributed by atoms with E-state index in [0.717, 1.165) is 18.7 Å². The molecule has 25 heavy (non-hydrogen) atoms. The van der Waals surface area contributed by atoms with Gasteiger partial charge in [0.15, 0.2) is 0 Å². The van der Waals surface area contributed by atoms with Crippen molar-refractivity contribution in [1.82, 2.24) is 15.5 Å². The van der Waals surface area contributed by atoms with Gasteiger partial charge in [-0.05, 0) is 37.1 Å². The molecule has 0 unspecified atom stereocenters. The van der Waals surface area contributed by atoms with Gasteiger partial charge in [0, 0.05) is 38.0 Å². The lowest BCUT2D eigenvalue weighted by molar-refractivity contribution is 0.0893. The number of methoxy groups -OCH3 is 1. The highest BCUT2D eigenvalue weighted by molar-refractivity contribution is 5.89. The highest BCUT2D eigenvalue weighted by Gasteiger charge is 2.16. The van der Waals surface area contributed by atoms with Crippen LogP contribution in [-0.2, 0) is 4.74 Å². The third-order valence-electron chi connectivity index (χ3n) is 4.31. The summed E-state index contributed by atoms with van der Waals surface area (Å²) in [5.41, 5.74) is 2.05. The van der Waals surface area contributed by atoms with E-state index in [2.05, 4.69) is 32.5 Å². The number of carbonyl (C=O) groups is 1. The summed E-state index contributed by atoms with van der Waals surface area (Å²) in [6.07, 6.45) is 5.11. The topological polar surface area (TPSA) is 80.5 Å². The van der Waals surface area contributed by atoms with Crippen LogP contribution >= 0.6 is 0 Å². The van der Waals surface area contributed by atoms with Crippen LogP contribution in [0.4, 0.5) is 5.69 Å². The lowest BCUT2D eigenvalue weighted by Gasteiger charge is -2.22. The molecular weight excluding hydrogens is 320 g/mol. The highest BCUT2D eigenvalue weighted by atomic mass is 16.5. The zero-order valence-corrected chi connectivity index (χ0v) is 14.5. The molecule has 7 heteroatoms. The normalized spacial score (nSPS) is 15.0. The molecule has 0 bridgehead atoms. The van der Waals surface area contributed by atoms with Gasteiger partial charge >= 0.3 is 11.8 Å². The predicted octanol–water partition coefficient (Wildman–Crippen LogP) is 2.49. The molecule has 0 aliphatic carbocycles. The van der Waals surface area contributed by atoms with Crippen LogP contribution in [-0.4, -0.2) is 49.4 Å². The fourth-order valence-electron chi connectivity index (χ4n) is 2.93. The van der Waals surface area contributed by atoms with Gasteiger partial charge in [0.1, 0.15) is 0 Å². The molecule has 1 aromatic carbocycles. The van der Waals surface area contributed by atoms with Crippen molar-refractivity contribution in [2.45, 2.75) is 25.7 Å². The molecule has 1 N–H and O–H groups in total. The lowest BCUT2D eigenvalue weighted by Crippen LogP contribution is -2.27. The maximum absolute atomic E-state index is 11.9. The minimum Gasteiger partial charge on any atom is -0.383 e. The Morgan fingerprint density at radius 3 is 2.60 bits per heavy atom. The summed E-state index contributed by atoms with van der Waals surface area (Å²) in [5.74, 6) is -0.0148. The SMILES string of the molecule is COCCNC(=O)c1nc(-c2ccc(N3CCCCCC3)cc2)no1. The number of nitrogens with one attached hydrogen (secondary N) is 1. The molecule has 134 valence electrons. The average Bonchev–Trinajstić information content (AvgIpc) is 2.98. The summed E-state index contributed by atoms with van der Waals surface area (Å²) in [6.45, 7) is 3.04. The van der Waals surface area contributed by atoms with E-state index >= 15 is 0 Å². The summed E-state index contributed by atoms with van der Waals surface area (Å²) >= 11 is 0. The van der Waals surface area contributed by atoms with Gasteiger partial charge in [0.05, 0.1) is 6.61 Å². The molecule has 1 amide bonds. The fourth-order valence-corrected chi connectivity index (χ4v) is 2.93. The van der Waals surface area contributed by atoms with E-state index in [1.807, 2.05) is 12.1 Å². The average molecular weight is 344 g/mol. The Kier molecular flexibility index (Phi) is 6.00. The van der Waals surface area contributed by atoms with Crippen LogP contribution in [0.1, 0.15) is 36.4 Å². The molecule has 1 aliphatic rings. The van der Waals surface area contributed by atoms with Crippen molar-refractivity contribution in [1.29, 1.82) is 0 Å². The number of hydrogen-bond acceptors (Lipinski definition) is 6. The van der Waals surface area contributed by atoms with Crippen molar-refractivity contribution >= 4 is 11.6 Å². The van der Waals surface area contributed by atoms with E-state index in [-0.39, 0.29) is 5.89 Å². The Balaban J connectivity index is 1.65. The lowest BCUT2D eigenvalue weighted by atomic mass is 10.2. The quantitative estimate of drug-likeness (QED) is 0.811. The Hall–Kier alpha value is -2.41. The summed E-state index contributed by atoms with van der Waals surface area (Å²) in [7, 11) is 1.58. The standard InChI is InChI=1S/C18H24N4O3/c1-24-13-10-19-17(23)18-20-16(21-25-18)14-6-8-15(9-7-14)22-11-4-2-3-5-12-22/h6-9H,2-5,10-13H2,1H3,(H,19,23). The Morgan fingerprint density at radius 1 is 1.20 bits per heavy atom. The second-order valence-corrected chi connectivity index (χ2v) is 6.12. The number of amides is 1. The summed E-state index contributed by atoms with van der Waals surface area (Å²) in [6, 6.07) is 8.10. The molecule has 2 heterocycles. The Bertz CT molecular complexity index is 676. The van der Waals surface area contributed by atoms with Gasteiger partial charge in [-0.25, -0.2) is 0 Å². The Morgan fingerprint density at radius 2 is 1.92 bits per heavy atom. The molecule has 2 aromatic rings. The van der Waals surface area contributed by atoms with Crippen molar-refractivity contribution < 1.29 is 14.1 Å². The molecule has 0 saturated carbocycles. The molecule has 1 aliphatic heterocycles. The number of nitrogens with zero attached hydrogens (tertiary/aromatic N) is 3. The molecule has 1 saturated heterocycles. The zero-order chi connectivity index (χ0) is 17.5. The minimum absolute atomic E-state index is 0.0392. The maximum atomic E-state index is 11.9. The molecule has 0 spiro atoms. The van der Waals surface area contributed by atoms with Gasteiger partial charge < -0.3 is 19.5 Å². The number of benzene rings is 1. The molecule has 1 fully saturated rings. The predicted molar refractivity (Wildman–Crippen MR) is 94.6 cm³/mol. The third-order valence-corrected chi connectivity index (χ3v) is 4.31. The number of ether oxygens (including phenoxy) is 1. The van der Waals surface area contributed by atoms with Crippen LogP contribution < -0.4 is 10.2 Å². The van der Waals surface area contributed by atoms with Crippen LogP contribution in [0.5, 0.6) is 0 Å². The zero-order valence-electron chi connectivity index (χ0n) is 14.5. The van der Waals surface area contributed by atoms with E-state index in [1.165, 1.54) is 31.4 Å². The maximum Gasteiger partial charge on any atom is 0.316 e. The van der Waals surface area contributed by atoms with Gasteiger partial charge in [-0.1, -0.05) is 18.0 Å². The third kappa shape index (κ3) is 4.57. The van der Waals surface area contributed by atoms with Crippen molar-refractivity contribution in [3.63, 3.8) is 0 Å². The number of carbonyl (C=O) groups excluding carboxylic acids is 1. The second kappa shape index (κ2) is 8.62. The van der Waals surface area contributed by atoms with Crippen LogP contribution in [0.15, 0.2) is 28.8 Å². The van der Waals surface area contributed by atoms with E-state index in [1.54, 1.807) is 7.11 Å². The first kappa shape index (κ1) is 17.4. The molecule has 0 atom stereocenters. The van der Waals surface area contributed by atoms with E-state index in [4.69, 9.17) is 9.26 Å². The van der Waals surface area contributed by atoms with Gasteiger partial charge in [-0.2, -0.15) is 4.98 Å². The monoisotopic (exact) mass is 344 g/mol. The van der Waals surface area contributed by atoms with E-state index in [9.17, 15) is 4.79 Å². The van der Waals surface area contributed by atoms with Crippen molar-refractivity contribution in [2.75, 3.05) is 38.3 Å². The van der Waals surface area contributed by atoms with E-state index in [0.29, 0.717) is 19.0 Å². The van der Waals surface area contributed by atoms with Gasteiger partial charge in [0.2, 0.25) is 5.82 Å². The fraction of sp³-hybridized carbons (Fsp3) is 0.500. The van der Waals surface area contributed by atoms with Crippen LogP contribution in [0.25, 0.3) is 11.4 Å². The summed E-state index contributed by atoms with van der Waals surface area (Å²) in [4.78, 5) is 18.5. The summed E-state index contributed by atoms with van der Waals surface area (Å²) < 4.78 is 9.94. The first-order valence-corrected chi connectivity index (χ1v) is 8.74. The van der Waals surface area contributed by atoms with Crippen LogP contribution in [0.2, 0.25) is 0 Å².